The van der Waals surface area contributed by atoms with Crippen LogP contribution in [0.4, 0.5) is 5.69 Å². The van der Waals surface area contributed by atoms with Crippen LogP contribution in [0.2, 0.25) is 0 Å². The second kappa shape index (κ2) is 5.86. The first-order chi connectivity index (χ1) is 11.0. The summed E-state index contributed by atoms with van der Waals surface area (Å²) in [6.07, 6.45) is 0. The molecule has 0 atom stereocenters. The van der Waals surface area contributed by atoms with Crippen molar-refractivity contribution >= 4 is 27.1 Å². The molecule has 2 aromatic carbocycles. The number of non-ortho nitro benzene ring substituents is 1. The van der Waals surface area contributed by atoms with Gasteiger partial charge in [-0.15, -0.1) is 5.10 Å². The van der Waals surface area contributed by atoms with E-state index in [4.69, 9.17) is 0 Å². The molecular formula is C14H9N3O4S2. The summed E-state index contributed by atoms with van der Waals surface area (Å²) in [5.74, 6) is 0. The molecule has 3 rings (SSSR count). The molecule has 0 aliphatic heterocycles. The van der Waals surface area contributed by atoms with Crippen LogP contribution < -0.4 is 0 Å². The van der Waals surface area contributed by atoms with Crippen molar-refractivity contribution in [1.82, 2.24) is 9.59 Å². The molecule has 1 aromatic heterocycles. The van der Waals surface area contributed by atoms with Gasteiger partial charge in [0.15, 0.2) is 4.21 Å². The molecule has 0 radical (unpaired) electrons. The van der Waals surface area contributed by atoms with Crippen molar-refractivity contribution in [2.45, 2.75) is 9.10 Å². The first kappa shape index (κ1) is 15.3. The SMILES string of the molecule is O=[N+]([O-])c1ccc(-c2nnsc2S(=O)(=O)c2ccccc2)cc1. The number of hydrogen-bond donors (Lipinski definition) is 0. The van der Waals surface area contributed by atoms with E-state index in [0.717, 1.165) is 11.5 Å². The zero-order valence-corrected chi connectivity index (χ0v) is 13.1. The van der Waals surface area contributed by atoms with Crippen molar-refractivity contribution in [1.29, 1.82) is 0 Å². The number of benzene rings is 2. The van der Waals surface area contributed by atoms with E-state index in [1.54, 1.807) is 18.2 Å². The first-order valence-electron chi connectivity index (χ1n) is 6.37. The van der Waals surface area contributed by atoms with Gasteiger partial charge in [-0.05, 0) is 24.3 Å². The van der Waals surface area contributed by atoms with E-state index in [-0.39, 0.29) is 20.5 Å². The van der Waals surface area contributed by atoms with Crippen LogP contribution in [0.15, 0.2) is 63.7 Å². The molecule has 0 amide bonds. The molecule has 0 fully saturated rings. The Morgan fingerprint density at radius 2 is 1.65 bits per heavy atom. The van der Waals surface area contributed by atoms with E-state index >= 15 is 0 Å². The van der Waals surface area contributed by atoms with E-state index in [1.807, 2.05) is 0 Å². The molecule has 0 spiro atoms. The standard InChI is InChI=1S/C14H9N3O4S2/c18-17(19)11-8-6-10(7-9-11)13-14(22-16-15-13)23(20,21)12-4-2-1-3-5-12/h1-9H. The third-order valence-corrected chi connectivity index (χ3v) is 6.09. The summed E-state index contributed by atoms with van der Waals surface area (Å²) in [6, 6.07) is 13.5. The zero-order valence-electron chi connectivity index (χ0n) is 11.5. The lowest BCUT2D eigenvalue weighted by Gasteiger charge is -2.03. The molecule has 0 bridgehead atoms. The van der Waals surface area contributed by atoms with Crippen molar-refractivity contribution in [3.63, 3.8) is 0 Å². The fourth-order valence-electron chi connectivity index (χ4n) is 1.98. The Morgan fingerprint density at radius 1 is 1.00 bits per heavy atom. The molecule has 0 N–H and O–H groups in total. The van der Waals surface area contributed by atoms with Gasteiger partial charge in [0.2, 0.25) is 9.84 Å². The molecule has 23 heavy (non-hydrogen) atoms. The highest BCUT2D eigenvalue weighted by Gasteiger charge is 2.26. The van der Waals surface area contributed by atoms with E-state index in [2.05, 4.69) is 9.59 Å². The van der Waals surface area contributed by atoms with Crippen molar-refractivity contribution in [3.05, 3.63) is 64.7 Å². The Kier molecular flexibility index (Phi) is 3.89. The summed E-state index contributed by atoms with van der Waals surface area (Å²) in [5, 5.41) is 14.6. The van der Waals surface area contributed by atoms with E-state index in [9.17, 15) is 18.5 Å². The zero-order chi connectivity index (χ0) is 16.4. The van der Waals surface area contributed by atoms with Gasteiger partial charge in [0.25, 0.3) is 5.69 Å². The molecule has 116 valence electrons. The molecular weight excluding hydrogens is 338 g/mol. The molecule has 3 aromatic rings. The van der Waals surface area contributed by atoms with E-state index < -0.39 is 14.8 Å². The number of hydrogen-bond acceptors (Lipinski definition) is 7. The molecule has 7 nitrogen and oxygen atoms in total. The van der Waals surface area contributed by atoms with Crippen LogP contribution in [0.1, 0.15) is 0 Å². The number of nitrogens with zero attached hydrogens (tertiary/aromatic N) is 3. The Labute approximate surface area is 135 Å². The first-order valence-corrected chi connectivity index (χ1v) is 8.63. The highest BCUT2D eigenvalue weighted by molar-refractivity contribution is 7.93. The summed E-state index contributed by atoms with van der Waals surface area (Å²) in [4.78, 5) is 10.3. The summed E-state index contributed by atoms with van der Waals surface area (Å²) in [7, 11) is -3.74. The smallest absolute Gasteiger partial charge is 0.258 e. The fraction of sp³-hybridized carbons (Fsp3) is 0. The quantitative estimate of drug-likeness (QED) is 0.531. The summed E-state index contributed by atoms with van der Waals surface area (Å²) in [5.41, 5.74) is 0.567. The topological polar surface area (TPSA) is 103 Å². The van der Waals surface area contributed by atoms with Crippen LogP contribution in [-0.4, -0.2) is 22.9 Å². The summed E-state index contributed by atoms with van der Waals surface area (Å²) >= 11 is 0.774. The lowest BCUT2D eigenvalue weighted by atomic mass is 10.1. The molecule has 9 heteroatoms. The number of nitro groups is 1. The van der Waals surface area contributed by atoms with Gasteiger partial charge >= 0.3 is 0 Å². The Balaban J connectivity index is 2.08. The third kappa shape index (κ3) is 2.83. The Bertz CT molecular complexity index is 951. The van der Waals surface area contributed by atoms with Crippen LogP contribution in [0, 0.1) is 10.1 Å². The number of nitro benzene ring substituents is 1. The van der Waals surface area contributed by atoms with Crippen LogP contribution in [0.5, 0.6) is 0 Å². The number of rotatable bonds is 4. The van der Waals surface area contributed by atoms with Crippen molar-refractivity contribution < 1.29 is 13.3 Å². The van der Waals surface area contributed by atoms with Gasteiger partial charge < -0.3 is 0 Å². The minimum atomic E-state index is -3.74. The lowest BCUT2D eigenvalue weighted by Crippen LogP contribution is -2.01. The summed E-state index contributed by atoms with van der Waals surface area (Å²) in [6.45, 7) is 0. The monoisotopic (exact) mass is 347 g/mol. The number of sulfone groups is 1. The van der Waals surface area contributed by atoms with Crippen molar-refractivity contribution in [2.75, 3.05) is 0 Å². The maximum atomic E-state index is 12.7. The van der Waals surface area contributed by atoms with Gasteiger partial charge in [0, 0.05) is 29.2 Å². The van der Waals surface area contributed by atoms with Crippen LogP contribution in [-0.2, 0) is 9.84 Å². The fourth-order valence-corrected chi connectivity index (χ4v) is 4.35. The minimum absolute atomic E-state index is 0.0116. The second-order valence-corrected chi connectivity index (χ2v) is 7.43. The van der Waals surface area contributed by atoms with Gasteiger partial charge in [-0.3, -0.25) is 10.1 Å². The predicted octanol–water partition coefficient (Wildman–Crippen LogP) is 2.95. The van der Waals surface area contributed by atoms with Crippen LogP contribution in [0.3, 0.4) is 0 Å². The van der Waals surface area contributed by atoms with Crippen LogP contribution >= 0.6 is 11.5 Å². The molecule has 1 heterocycles. The Hall–Kier alpha value is -2.65. The largest absolute Gasteiger partial charge is 0.269 e. The maximum absolute atomic E-state index is 12.7. The highest BCUT2D eigenvalue weighted by atomic mass is 32.2. The second-order valence-electron chi connectivity index (χ2n) is 4.53. The summed E-state index contributed by atoms with van der Waals surface area (Å²) < 4.78 is 29.1. The van der Waals surface area contributed by atoms with E-state index in [1.165, 1.54) is 36.4 Å². The Morgan fingerprint density at radius 3 is 2.26 bits per heavy atom. The third-order valence-electron chi connectivity index (χ3n) is 3.11. The molecule has 0 saturated carbocycles. The highest BCUT2D eigenvalue weighted by Crippen LogP contribution is 2.33. The van der Waals surface area contributed by atoms with Gasteiger partial charge in [0.05, 0.1) is 9.82 Å². The molecule has 0 saturated heterocycles. The van der Waals surface area contributed by atoms with Gasteiger partial charge in [0.1, 0.15) is 5.69 Å². The average Bonchev–Trinajstić information content (AvgIpc) is 3.06. The predicted molar refractivity (Wildman–Crippen MR) is 83.9 cm³/mol. The van der Waals surface area contributed by atoms with Gasteiger partial charge in [-0.2, -0.15) is 0 Å². The number of aromatic nitrogens is 2. The molecule has 0 aliphatic rings. The maximum Gasteiger partial charge on any atom is 0.269 e. The van der Waals surface area contributed by atoms with Crippen LogP contribution in [0.25, 0.3) is 11.3 Å². The molecule has 0 aliphatic carbocycles. The van der Waals surface area contributed by atoms with Gasteiger partial charge in [-0.1, -0.05) is 22.7 Å². The van der Waals surface area contributed by atoms with Crippen molar-refractivity contribution in [3.8, 4) is 11.3 Å². The average molecular weight is 347 g/mol. The van der Waals surface area contributed by atoms with Crippen molar-refractivity contribution in [2.24, 2.45) is 0 Å². The van der Waals surface area contributed by atoms with E-state index in [0.29, 0.717) is 5.56 Å². The molecule has 0 unspecified atom stereocenters. The normalized spacial score (nSPS) is 11.3. The minimum Gasteiger partial charge on any atom is -0.258 e. The van der Waals surface area contributed by atoms with Gasteiger partial charge in [-0.25, -0.2) is 8.42 Å². The lowest BCUT2D eigenvalue weighted by molar-refractivity contribution is -0.384.